The molecular formula is C12H14F3N3O2. The summed E-state index contributed by atoms with van der Waals surface area (Å²) in [6, 6.07) is 3.17. The third-order valence-corrected chi connectivity index (χ3v) is 2.56. The lowest BCUT2D eigenvalue weighted by Crippen LogP contribution is -2.46. The molecule has 0 radical (unpaired) electrons. The molecule has 1 unspecified atom stereocenters. The molecular weight excluding hydrogens is 275 g/mol. The Labute approximate surface area is 113 Å². The van der Waals surface area contributed by atoms with Crippen molar-refractivity contribution in [2.75, 3.05) is 0 Å². The van der Waals surface area contributed by atoms with Crippen molar-refractivity contribution < 1.29 is 22.8 Å². The van der Waals surface area contributed by atoms with E-state index in [1.807, 2.05) is 5.32 Å². The number of nitrogens with two attached hydrogens (primary N) is 1. The van der Waals surface area contributed by atoms with Gasteiger partial charge in [-0.1, -0.05) is 18.2 Å². The number of alkyl halides is 3. The molecule has 0 aliphatic heterocycles. The standard InChI is InChI=1S/C12H14F3N3O2/c1-7(10(19)18-11(16)20)17-6-8-4-2-3-5-9(8)12(13,14)15/h2-5,7,17H,6H2,1H3,(H3,16,18,19,20). The van der Waals surface area contributed by atoms with E-state index in [-0.39, 0.29) is 12.1 Å². The first kappa shape index (κ1) is 16.0. The van der Waals surface area contributed by atoms with Gasteiger partial charge in [0.1, 0.15) is 0 Å². The van der Waals surface area contributed by atoms with E-state index in [2.05, 4.69) is 5.32 Å². The fraction of sp³-hybridized carbons (Fsp3) is 0.333. The minimum atomic E-state index is -4.46. The van der Waals surface area contributed by atoms with Gasteiger partial charge < -0.3 is 11.1 Å². The first-order chi connectivity index (χ1) is 9.21. The summed E-state index contributed by atoms with van der Waals surface area (Å²) in [4.78, 5) is 21.8. The number of carbonyl (C=O) groups excluding carboxylic acids is 2. The number of urea groups is 1. The molecule has 8 heteroatoms. The zero-order valence-electron chi connectivity index (χ0n) is 10.6. The van der Waals surface area contributed by atoms with Crippen LogP contribution in [0.1, 0.15) is 18.1 Å². The van der Waals surface area contributed by atoms with Gasteiger partial charge in [-0.25, -0.2) is 4.79 Å². The van der Waals surface area contributed by atoms with Crippen molar-refractivity contribution in [3.63, 3.8) is 0 Å². The van der Waals surface area contributed by atoms with Crippen LogP contribution < -0.4 is 16.4 Å². The Kier molecular flexibility index (Phi) is 5.09. The van der Waals surface area contributed by atoms with Crippen LogP contribution >= 0.6 is 0 Å². The normalized spacial score (nSPS) is 12.8. The number of carbonyl (C=O) groups is 2. The van der Waals surface area contributed by atoms with E-state index in [0.717, 1.165) is 6.07 Å². The maximum Gasteiger partial charge on any atom is 0.416 e. The van der Waals surface area contributed by atoms with Gasteiger partial charge in [-0.2, -0.15) is 13.2 Å². The molecule has 4 N–H and O–H groups in total. The molecule has 0 bridgehead atoms. The Hall–Kier alpha value is -2.09. The summed E-state index contributed by atoms with van der Waals surface area (Å²) in [6.07, 6.45) is -4.46. The van der Waals surface area contributed by atoms with Crippen molar-refractivity contribution in [1.82, 2.24) is 10.6 Å². The van der Waals surface area contributed by atoms with Gasteiger partial charge in [-0.05, 0) is 18.6 Å². The number of amides is 3. The molecule has 0 fully saturated rings. The maximum absolute atomic E-state index is 12.7. The zero-order valence-corrected chi connectivity index (χ0v) is 10.6. The van der Waals surface area contributed by atoms with Crippen molar-refractivity contribution in [3.05, 3.63) is 35.4 Å². The smallest absolute Gasteiger partial charge is 0.351 e. The highest BCUT2D eigenvalue weighted by Gasteiger charge is 2.32. The van der Waals surface area contributed by atoms with Gasteiger partial charge >= 0.3 is 12.2 Å². The number of primary amides is 1. The van der Waals surface area contributed by atoms with Gasteiger partial charge in [0.2, 0.25) is 5.91 Å². The molecule has 1 rings (SSSR count). The van der Waals surface area contributed by atoms with Gasteiger partial charge in [0.05, 0.1) is 11.6 Å². The monoisotopic (exact) mass is 289 g/mol. The summed E-state index contributed by atoms with van der Waals surface area (Å²) in [5, 5.41) is 4.44. The van der Waals surface area contributed by atoms with Gasteiger partial charge in [-0.3, -0.25) is 10.1 Å². The third kappa shape index (κ3) is 4.54. The number of halogens is 3. The topological polar surface area (TPSA) is 84.2 Å². The Morgan fingerprint density at radius 2 is 1.90 bits per heavy atom. The number of nitrogens with one attached hydrogen (secondary N) is 2. The second-order valence-corrected chi connectivity index (χ2v) is 4.11. The quantitative estimate of drug-likeness (QED) is 0.783. The molecule has 0 saturated heterocycles. The lowest BCUT2D eigenvalue weighted by atomic mass is 10.1. The summed E-state index contributed by atoms with van der Waals surface area (Å²) < 4.78 is 38.2. The van der Waals surface area contributed by atoms with Gasteiger partial charge in [0, 0.05) is 6.54 Å². The van der Waals surface area contributed by atoms with E-state index in [1.54, 1.807) is 0 Å². The molecule has 1 aromatic carbocycles. The number of hydrogen-bond acceptors (Lipinski definition) is 3. The van der Waals surface area contributed by atoms with Crippen LogP contribution in [0.25, 0.3) is 0 Å². The second kappa shape index (κ2) is 6.38. The fourth-order valence-electron chi connectivity index (χ4n) is 1.54. The van der Waals surface area contributed by atoms with E-state index in [9.17, 15) is 22.8 Å². The Morgan fingerprint density at radius 1 is 1.30 bits per heavy atom. The molecule has 0 spiro atoms. The molecule has 0 saturated carbocycles. The Morgan fingerprint density at radius 3 is 2.45 bits per heavy atom. The van der Waals surface area contributed by atoms with Gasteiger partial charge in [0.15, 0.2) is 0 Å². The van der Waals surface area contributed by atoms with Crippen molar-refractivity contribution >= 4 is 11.9 Å². The molecule has 3 amide bonds. The van der Waals surface area contributed by atoms with E-state index < -0.39 is 29.7 Å². The lowest BCUT2D eigenvalue weighted by Gasteiger charge is -2.16. The third-order valence-electron chi connectivity index (χ3n) is 2.56. The molecule has 110 valence electrons. The first-order valence-corrected chi connectivity index (χ1v) is 5.70. The minimum absolute atomic E-state index is 0.0127. The van der Waals surface area contributed by atoms with Crippen LogP contribution in [-0.4, -0.2) is 18.0 Å². The van der Waals surface area contributed by atoms with Crippen molar-refractivity contribution in [2.45, 2.75) is 25.7 Å². The van der Waals surface area contributed by atoms with Crippen molar-refractivity contribution in [3.8, 4) is 0 Å². The van der Waals surface area contributed by atoms with Crippen LogP contribution in [0.4, 0.5) is 18.0 Å². The molecule has 0 aliphatic rings. The second-order valence-electron chi connectivity index (χ2n) is 4.11. The number of rotatable bonds is 4. The Bertz CT molecular complexity index is 503. The molecule has 0 heterocycles. The molecule has 1 atom stereocenters. The van der Waals surface area contributed by atoms with E-state index >= 15 is 0 Å². The molecule has 20 heavy (non-hydrogen) atoms. The summed E-state index contributed by atoms with van der Waals surface area (Å²) in [7, 11) is 0. The van der Waals surface area contributed by atoms with Crippen LogP contribution in [0.15, 0.2) is 24.3 Å². The maximum atomic E-state index is 12.7. The lowest BCUT2D eigenvalue weighted by molar-refractivity contribution is -0.138. The summed E-state index contributed by atoms with van der Waals surface area (Å²) in [5.74, 6) is -0.706. The highest BCUT2D eigenvalue weighted by molar-refractivity contribution is 5.96. The average molecular weight is 289 g/mol. The van der Waals surface area contributed by atoms with Crippen LogP contribution in [0.2, 0.25) is 0 Å². The molecule has 0 aromatic heterocycles. The SMILES string of the molecule is CC(NCc1ccccc1C(F)(F)F)C(=O)NC(N)=O. The highest BCUT2D eigenvalue weighted by atomic mass is 19.4. The van der Waals surface area contributed by atoms with Crippen LogP contribution in [0.3, 0.4) is 0 Å². The predicted molar refractivity (Wildman–Crippen MR) is 65.5 cm³/mol. The molecule has 1 aromatic rings. The van der Waals surface area contributed by atoms with Crippen LogP contribution in [0.5, 0.6) is 0 Å². The zero-order chi connectivity index (χ0) is 15.3. The van der Waals surface area contributed by atoms with E-state index in [4.69, 9.17) is 5.73 Å². The minimum Gasteiger partial charge on any atom is -0.351 e. The van der Waals surface area contributed by atoms with Crippen LogP contribution in [-0.2, 0) is 17.5 Å². The Balaban J connectivity index is 2.71. The number of benzene rings is 1. The summed E-state index contributed by atoms with van der Waals surface area (Å²) in [5.41, 5.74) is 4.02. The first-order valence-electron chi connectivity index (χ1n) is 5.70. The molecule has 5 nitrogen and oxygen atoms in total. The van der Waals surface area contributed by atoms with Gasteiger partial charge in [0.25, 0.3) is 0 Å². The predicted octanol–water partition coefficient (Wildman–Crippen LogP) is 1.38. The van der Waals surface area contributed by atoms with Gasteiger partial charge in [-0.15, -0.1) is 0 Å². The number of imide groups is 1. The highest BCUT2D eigenvalue weighted by Crippen LogP contribution is 2.31. The molecule has 0 aliphatic carbocycles. The van der Waals surface area contributed by atoms with E-state index in [0.29, 0.717) is 0 Å². The summed E-state index contributed by atoms with van der Waals surface area (Å²) in [6.45, 7) is 1.25. The van der Waals surface area contributed by atoms with Crippen molar-refractivity contribution in [2.24, 2.45) is 5.73 Å². The fourth-order valence-corrected chi connectivity index (χ4v) is 1.54. The average Bonchev–Trinajstić information content (AvgIpc) is 2.34. The van der Waals surface area contributed by atoms with E-state index in [1.165, 1.54) is 25.1 Å². The van der Waals surface area contributed by atoms with Crippen molar-refractivity contribution in [1.29, 1.82) is 0 Å². The summed E-state index contributed by atoms with van der Waals surface area (Å²) >= 11 is 0. The van der Waals surface area contributed by atoms with Crippen LogP contribution in [0, 0.1) is 0 Å². The largest absolute Gasteiger partial charge is 0.416 e. The number of hydrogen-bond donors (Lipinski definition) is 3.